The lowest BCUT2D eigenvalue weighted by Gasteiger charge is -2.19. The van der Waals surface area contributed by atoms with Crippen LogP contribution in [0.5, 0.6) is 17.2 Å². The molecule has 1 N–H and O–H groups in total. The van der Waals surface area contributed by atoms with E-state index >= 15 is 0 Å². The lowest BCUT2D eigenvalue weighted by molar-refractivity contribution is 0.101. The van der Waals surface area contributed by atoms with Crippen LogP contribution in [0.25, 0.3) is 11.0 Å². The Bertz CT molecular complexity index is 2270. The van der Waals surface area contributed by atoms with Crippen molar-refractivity contribution in [2.24, 2.45) is 0 Å². The number of anilines is 1. The van der Waals surface area contributed by atoms with Gasteiger partial charge in [0, 0.05) is 22.2 Å². The largest absolute Gasteiger partial charge is 0.485 e. The van der Waals surface area contributed by atoms with Crippen molar-refractivity contribution in [3.63, 3.8) is 0 Å². The van der Waals surface area contributed by atoms with Crippen molar-refractivity contribution in [3.05, 3.63) is 190 Å². The Hall–Kier alpha value is -6.60. The van der Waals surface area contributed by atoms with Crippen LogP contribution in [0.15, 0.2) is 150 Å². The molecular weight excluding hydrogens is 650 g/mol. The smallest absolute Gasteiger partial charge is 0.255 e. The van der Waals surface area contributed by atoms with Crippen molar-refractivity contribution in [1.29, 1.82) is 0 Å². The Balaban J connectivity index is 1.22. The van der Waals surface area contributed by atoms with Gasteiger partial charge in [0.15, 0.2) is 17.3 Å². The van der Waals surface area contributed by atoms with Gasteiger partial charge in [0.1, 0.15) is 25.4 Å². The van der Waals surface area contributed by atoms with Crippen LogP contribution in [0.4, 0.5) is 5.69 Å². The summed E-state index contributed by atoms with van der Waals surface area (Å²) in [7, 11) is 0. The van der Waals surface area contributed by atoms with E-state index in [2.05, 4.69) is 5.32 Å². The number of carbonyl (C=O) groups is 2. The molecule has 52 heavy (non-hydrogen) atoms. The Kier molecular flexibility index (Phi) is 10.1. The number of rotatable bonds is 13. The third-order valence-corrected chi connectivity index (χ3v) is 8.62. The number of hydrogen-bond donors (Lipinski definition) is 1. The number of carbonyl (C=O) groups excluding carboxylic acids is 2. The summed E-state index contributed by atoms with van der Waals surface area (Å²) in [5.74, 6) is 0.584. The average molecular weight is 688 g/mol. The first-order valence-corrected chi connectivity index (χ1v) is 17.0. The van der Waals surface area contributed by atoms with Crippen LogP contribution in [-0.2, 0) is 19.8 Å². The number of benzene rings is 6. The lowest BCUT2D eigenvalue weighted by Crippen LogP contribution is -2.12. The van der Waals surface area contributed by atoms with Gasteiger partial charge >= 0.3 is 0 Å². The van der Waals surface area contributed by atoms with Crippen LogP contribution in [-0.4, -0.2) is 11.7 Å². The van der Waals surface area contributed by atoms with Gasteiger partial charge in [0.2, 0.25) is 11.5 Å². The van der Waals surface area contributed by atoms with Gasteiger partial charge in [-0.2, -0.15) is 0 Å². The first-order chi connectivity index (χ1) is 25.4. The zero-order chi connectivity index (χ0) is 35.9. The molecule has 0 unspecified atom stereocenters. The number of fused-ring (bicyclic) bond motifs is 1. The van der Waals surface area contributed by atoms with Crippen LogP contribution in [0, 0.1) is 13.8 Å². The highest BCUT2D eigenvalue weighted by Crippen LogP contribution is 2.41. The minimum absolute atomic E-state index is 0.114. The second kappa shape index (κ2) is 15.5. The Morgan fingerprint density at radius 2 is 1.13 bits per heavy atom. The predicted molar refractivity (Wildman–Crippen MR) is 202 cm³/mol. The summed E-state index contributed by atoms with van der Waals surface area (Å²) in [6.07, 6.45) is 0. The minimum atomic E-state index is -0.374. The number of furan rings is 1. The first kappa shape index (κ1) is 33.9. The van der Waals surface area contributed by atoms with E-state index in [1.54, 1.807) is 36.4 Å². The molecular formula is C45H37NO6. The highest BCUT2D eigenvalue weighted by atomic mass is 16.5. The van der Waals surface area contributed by atoms with E-state index in [0.717, 1.165) is 33.5 Å². The van der Waals surface area contributed by atoms with Gasteiger partial charge < -0.3 is 23.9 Å². The molecule has 0 fully saturated rings. The Labute approximate surface area is 302 Å². The SMILES string of the molecule is Cc1ccc(NC(=O)c2ccc3oc(C(=O)c4cc(OCc5ccccc5)c(OCc5ccccc5)c(OCc5ccccc5)c4)cc3c2)c(C)c1. The normalized spacial score (nSPS) is 10.9. The molecule has 0 saturated heterocycles. The van der Waals surface area contributed by atoms with E-state index in [4.69, 9.17) is 18.6 Å². The third-order valence-electron chi connectivity index (χ3n) is 8.62. The summed E-state index contributed by atoms with van der Waals surface area (Å²) in [6, 6.07) is 45.3. The van der Waals surface area contributed by atoms with Gasteiger partial charge in [-0.05, 0) is 78.6 Å². The topological polar surface area (TPSA) is 87.0 Å². The second-order valence-electron chi connectivity index (χ2n) is 12.6. The maximum Gasteiger partial charge on any atom is 0.255 e. The fourth-order valence-electron chi connectivity index (χ4n) is 5.85. The van der Waals surface area contributed by atoms with Gasteiger partial charge in [0.05, 0.1) is 0 Å². The van der Waals surface area contributed by atoms with Crippen molar-refractivity contribution in [1.82, 2.24) is 0 Å². The van der Waals surface area contributed by atoms with Crippen LogP contribution in [0.2, 0.25) is 0 Å². The Morgan fingerprint density at radius 3 is 1.69 bits per heavy atom. The van der Waals surface area contributed by atoms with Crippen molar-refractivity contribution >= 4 is 28.3 Å². The van der Waals surface area contributed by atoms with Crippen LogP contribution >= 0.6 is 0 Å². The molecule has 0 aliphatic rings. The van der Waals surface area contributed by atoms with Crippen molar-refractivity contribution in [2.45, 2.75) is 33.7 Å². The monoisotopic (exact) mass is 687 g/mol. The van der Waals surface area contributed by atoms with E-state index in [1.165, 1.54) is 0 Å². The number of nitrogens with one attached hydrogen (secondary N) is 1. The summed E-state index contributed by atoms with van der Waals surface area (Å²) < 4.78 is 25.2. The highest BCUT2D eigenvalue weighted by Gasteiger charge is 2.23. The van der Waals surface area contributed by atoms with Crippen molar-refractivity contribution < 1.29 is 28.2 Å². The number of hydrogen-bond acceptors (Lipinski definition) is 6. The van der Waals surface area contributed by atoms with E-state index in [1.807, 2.05) is 123 Å². The highest BCUT2D eigenvalue weighted by molar-refractivity contribution is 6.11. The molecule has 258 valence electrons. The van der Waals surface area contributed by atoms with Gasteiger partial charge in [-0.15, -0.1) is 0 Å². The Morgan fingerprint density at radius 1 is 0.577 bits per heavy atom. The predicted octanol–water partition coefficient (Wildman–Crippen LogP) is 10.3. The van der Waals surface area contributed by atoms with Crippen LogP contribution < -0.4 is 19.5 Å². The molecule has 0 aliphatic carbocycles. The molecule has 0 aliphatic heterocycles. The van der Waals surface area contributed by atoms with E-state index < -0.39 is 0 Å². The van der Waals surface area contributed by atoms with E-state index in [9.17, 15) is 9.59 Å². The van der Waals surface area contributed by atoms with Gasteiger partial charge in [-0.1, -0.05) is 109 Å². The molecule has 0 saturated carbocycles. The maximum absolute atomic E-state index is 14.2. The van der Waals surface area contributed by atoms with E-state index in [-0.39, 0.29) is 37.3 Å². The molecule has 7 heteroatoms. The number of aryl methyl sites for hydroxylation is 2. The van der Waals surface area contributed by atoms with Crippen LogP contribution in [0.1, 0.15) is 54.3 Å². The number of ketones is 1. The molecule has 0 atom stereocenters. The second-order valence-corrected chi connectivity index (χ2v) is 12.6. The molecule has 0 spiro atoms. The summed E-state index contributed by atoms with van der Waals surface area (Å²) in [5.41, 5.74) is 6.93. The fourth-order valence-corrected chi connectivity index (χ4v) is 5.85. The molecule has 7 nitrogen and oxygen atoms in total. The molecule has 7 rings (SSSR count). The molecule has 6 aromatic carbocycles. The number of ether oxygens (including phenoxy) is 3. The third kappa shape index (κ3) is 8.06. The molecule has 1 heterocycles. The maximum atomic E-state index is 14.2. The zero-order valence-electron chi connectivity index (χ0n) is 28.9. The van der Waals surface area contributed by atoms with Gasteiger partial charge in [-0.3, -0.25) is 9.59 Å². The summed E-state index contributed by atoms with van der Waals surface area (Å²) in [6.45, 7) is 4.72. The fraction of sp³-hybridized carbons (Fsp3) is 0.111. The molecule has 0 bridgehead atoms. The van der Waals surface area contributed by atoms with Gasteiger partial charge in [-0.25, -0.2) is 0 Å². The quantitative estimate of drug-likeness (QED) is 0.121. The lowest BCUT2D eigenvalue weighted by atomic mass is 10.1. The first-order valence-electron chi connectivity index (χ1n) is 17.0. The standard InChI is InChI=1S/C45H37NO6/c1-30-18-20-38(31(2)22-30)46-45(48)35-19-21-39-36(23-35)24-40(52-39)43(47)37-25-41(49-27-32-12-6-3-7-13-32)44(51-29-34-16-10-5-11-17-34)42(26-37)50-28-33-14-8-4-9-15-33/h3-26H,27-29H2,1-2H3,(H,46,48). The van der Waals surface area contributed by atoms with Gasteiger partial charge in [0.25, 0.3) is 5.91 Å². The molecule has 1 amide bonds. The summed E-state index contributed by atoms with van der Waals surface area (Å²) >= 11 is 0. The summed E-state index contributed by atoms with van der Waals surface area (Å²) in [5, 5.41) is 3.61. The van der Waals surface area contributed by atoms with Crippen molar-refractivity contribution in [2.75, 3.05) is 5.32 Å². The minimum Gasteiger partial charge on any atom is -0.485 e. The van der Waals surface area contributed by atoms with Crippen molar-refractivity contribution in [3.8, 4) is 17.2 Å². The average Bonchev–Trinajstić information content (AvgIpc) is 3.61. The zero-order valence-corrected chi connectivity index (χ0v) is 28.9. The van der Waals surface area contributed by atoms with Crippen LogP contribution in [0.3, 0.4) is 0 Å². The summed E-state index contributed by atoms with van der Waals surface area (Å²) in [4.78, 5) is 27.3. The molecule has 7 aromatic rings. The van der Waals surface area contributed by atoms with E-state index in [0.29, 0.717) is 39.3 Å². The number of amides is 1. The molecule has 0 radical (unpaired) electrons. The molecule has 1 aromatic heterocycles.